The van der Waals surface area contributed by atoms with E-state index in [-0.39, 0.29) is 29.4 Å². The number of aliphatic hydroxyl groups excluding tert-OH is 1. The second-order valence-corrected chi connectivity index (χ2v) is 23.0. The Labute approximate surface area is 435 Å². The van der Waals surface area contributed by atoms with Gasteiger partial charge in [0.15, 0.2) is 0 Å². The number of hydrogen-bond donors (Lipinski definition) is 10. The normalized spacial score (nSPS) is 29.8. The van der Waals surface area contributed by atoms with Gasteiger partial charge in [-0.2, -0.15) is 15.0 Å². The first-order valence-electron chi connectivity index (χ1n) is 22.8. The lowest BCUT2D eigenvalue weighted by atomic mass is 10.2. The molecule has 15 atom stereocenters. The van der Waals surface area contributed by atoms with Crippen LogP contribution >= 0.6 is 31.3 Å². The second-order valence-electron chi connectivity index (χ2n) is 17.6. The summed E-state index contributed by atoms with van der Waals surface area (Å²) in [6, 6.07) is 3.72. The van der Waals surface area contributed by atoms with Crippen molar-refractivity contribution in [2.45, 2.75) is 106 Å². The molecule has 3 unspecified atom stereocenters. The largest absolute Gasteiger partial charge is 0.472 e. The number of ether oxygens (including phenoxy) is 4. The predicted octanol–water partition coefficient (Wildman–Crippen LogP) is -2.51. The smallest absolute Gasteiger partial charge is 0.394 e. The zero-order valence-electron chi connectivity index (χ0n) is 40.1. The summed E-state index contributed by atoms with van der Waals surface area (Å²) >= 11 is 0. The molecule has 0 spiro atoms. The molecule has 8 heterocycles. The number of phosphoric acid groups is 4. The van der Waals surface area contributed by atoms with Crippen LogP contribution in [-0.2, 0) is 68.9 Å². The maximum absolute atomic E-state index is 13.8. The van der Waals surface area contributed by atoms with Gasteiger partial charge in [-0.3, -0.25) is 59.7 Å². The average Bonchev–Trinajstić information content (AvgIpc) is 4.14. The molecule has 78 heavy (non-hydrogen) atoms. The van der Waals surface area contributed by atoms with E-state index in [9.17, 15) is 71.8 Å². The fraction of sp³-hybridized carbons (Fsp3) is 0.568. The van der Waals surface area contributed by atoms with Gasteiger partial charge >= 0.3 is 54.0 Å². The number of nitrogen functional groups attached to an aromatic ring is 3. The summed E-state index contributed by atoms with van der Waals surface area (Å²) in [6.45, 7) is -2.41. The second kappa shape index (κ2) is 23.6. The number of nitrogens with zero attached hydrogens (tertiary/aromatic N) is 7. The van der Waals surface area contributed by atoms with Crippen molar-refractivity contribution in [2.24, 2.45) is 0 Å². The van der Waals surface area contributed by atoms with Gasteiger partial charge in [-0.1, -0.05) is 0 Å². The summed E-state index contributed by atoms with van der Waals surface area (Å²) in [5.74, 6) is -0.447. The van der Waals surface area contributed by atoms with Gasteiger partial charge in [0.2, 0.25) is 0 Å². The molecule has 4 aliphatic rings. The number of aromatic nitrogens is 8. The van der Waals surface area contributed by atoms with Gasteiger partial charge in [0.25, 0.3) is 5.56 Å². The SMILES string of the molecule is Cc1cn([C@H]2C[C@H](OP(=O)(O)OC[C@H]3O[C@@H](n4ccc(N)nc4=O)C[C@@H]3OP(=O)(O)OC[C@H]3O[C@@H](n4ccc(N)nc4=O)C[C@@H]3OP(=O)(O)O)[C@@H](COP(=O)(O)O[C@H]3C[C@H](n4ccc(N)nc4=O)O[C@@H]3CO)O2)c(=O)[nH]c1=O. The third kappa shape index (κ3) is 14.7. The maximum atomic E-state index is 13.8. The van der Waals surface area contributed by atoms with Crippen LogP contribution in [0.25, 0.3) is 0 Å². The third-order valence-electron chi connectivity index (χ3n) is 12.1. The van der Waals surface area contributed by atoms with Crippen molar-refractivity contribution >= 4 is 48.7 Å². The Hall–Kier alpha value is -5.04. The Morgan fingerprint density at radius 3 is 1.21 bits per heavy atom. The van der Waals surface area contributed by atoms with Gasteiger partial charge in [-0.25, -0.2) is 37.4 Å². The first-order valence-corrected chi connectivity index (χ1v) is 28.9. The Morgan fingerprint density at radius 1 is 0.551 bits per heavy atom. The fourth-order valence-corrected chi connectivity index (χ4v) is 12.0. The van der Waals surface area contributed by atoms with Crippen LogP contribution in [0.15, 0.2) is 67.0 Å². The minimum absolute atomic E-state index is 0.0255. The Balaban J connectivity index is 0.965. The Bertz CT molecular complexity index is 3360. The molecule has 4 aliphatic heterocycles. The van der Waals surface area contributed by atoms with Crippen molar-refractivity contribution < 1.29 is 98.4 Å². The summed E-state index contributed by atoms with van der Waals surface area (Å²) < 4.78 is 116. The minimum atomic E-state index is -5.45. The molecule has 0 bridgehead atoms. The van der Waals surface area contributed by atoms with Gasteiger partial charge in [0, 0.05) is 56.0 Å². The van der Waals surface area contributed by atoms with E-state index in [1.54, 1.807) is 0 Å². The monoisotopic (exact) mass is 1190 g/mol. The number of rotatable bonds is 22. The quantitative estimate of drug-likeness (QED) is 0.0363. The number of anilines is 3. The van der Waals surface area contributed by atoms with Crippen LogP contribution in [0.1, 0.15) is 56.2 Å². The summed E-state index contributed by atoms with van der Waals surface area (Å²) in [7, 11) is -21.3. The van der Waals surface area contributed by atoms with Gasteiger partial charge in [0.1, 0.15) is 91.2 Å². The minimum Gasteiger partial charge on any atom is -0.394 e. The molecule has 4 aromatic rings. The first-order chi connectivity index (χ1) is 36.5. The van der Waals surface area contributed by atoms with Gasteiger partial charge in [-0.05, 0) is 25.1 Å². The van der Waals surface area contributed by atoms with Gasteiger partial charge in [0.05, 0.1) is 26.4 Å². The lowest BCUT2D eigenvalue weighted by molar-refractivity contribution is -0.0638. The fourth-order valence-electron chi connectivity index (χ4n) is 8.56. The van der Waals surface area contributed by atoms with Crippen LogP contribution < -0.4 is 45.5 Å². The highest BCUT2D eigenvalue weighted by Gasteiger charge is 2.49. The molecule has 13 N–H and O–H groups in total. The van der Waals surface area contributed by atoms with Crippen LogP contribution in [0, 0.1) is 6.92 Å². The zero-order valence-corrected chi connectivity index (χ0v) is 43.7. The molecule has 41 heteroatoms. The molecule has 4 fully saturated rings. The van der Waals surface area contributed by atoms with Crippen molar-refractivity contribution in [1.82, 2.24) is 38.2 Å². The maximum Gasteiger partial charge on any atom is 0.472 e. The molecule has 8 rings (SSSR count). The van der Waals surface area contributed by atoms with Gasteiger partial charge in [-0.15, -0.1) is 0 Å². The van der Waals surface area contributed by atoms with E-state index in [4.69, 9.17) is 67.8 Å². The van der Waals surface area contributed by atoms with Crippen molar-refractivity contribution in [3.8, 4) is 0 Å². The van der Waals surface area contributed by atoms with E-state index in [2.05, 4.69) is 19.9 Å². The van der Waals surface area contributed by atoms with E-state index in [1.165, 1.54) is 37.5 Å². The van der Waals surface area contributed by atoms with Crippen molar-refractivity contribution in [3.05, 3.63) is 101 Å². The molecule has 0 saturated carbocycles. The lowest BCUT2D eigenvalue weighted by Gasteiger charge is -2.25. The number of phosphoric ester groups is 4. The highest BCUT2D eigenvalue weighted by molar-refractivity contribution is 7.48. The van der Waals surface area contributed by atoms with Gasteiger partial charge < -0.3 is 65.7 Å². The highest BCUT2D eigenvalue weighted by atomic mass is 31.2. The number of hydrogen-bond acceptors (Lipinski definition) is 27. The highest BCUT2D eigenvalue weighted by Crippen LogP contribution is 2.54. The molecule has 0 radical (unpaired) electrons. The Morgan fingerprint density at radius 2 is 0.872 bits per heavy atom. The van der Waals surface area contributed by atoms with Crippen LogP contribution in [0.4, 0.5) is 17.5 Å². The van der Waals surface area contributed by atoms with E-state index in [0.717, 1.165) is 30.7 Å². The lowest BCUT2D eigenvalue weighted by Crippen LogP contribution is -2.33. The molecular weight excluding hydrogens is 1140 g/mol. The topological polar surface area (TPSA) is 529 Å². The standard InChI is InChI=1S/C37H51N11O26P4/c1-17-12-48(37(54)44-33(17)50)32-11-21(25(70-32)16-65-76(58,59)72-18-8-29(67-22(18)13-49)45-5-2-26(38)41-34(45)51)74-78(62,63)66-15-24-20(10-31(69-24)47-7-4-28(40)43-36(47)53)73-77(60,61)64-14-23-19(71-75(55,56)57)9-30(68-23)46-6-3-27(39)42-35(46)52/h2-7,12,18-25,29-32,49H,8-11,13-16H2,1H3,(H,58,59)(H,60,61)(H,62,63)(H2,38,41,51)(H2,39,42,52)(H2,40,43,53)(H,44,50,54)(H2,55,56,57)/t18-,19-,20-,21-,22+,23+,24+,25+,29+,30+,31+,32+/m0/s1. The number of nitrogens with one attached hydrogen (secondary N) is 1. The van der Waals surface area contributed by atoms with E-state index >= 15 is 0 Å². The number of aromatic amines is 1. The average molecular weight is 1190 g/mol. The van der Waals surface area contributed by atoms with Crippen LogP contribution in [0.5, 0.6) is 0 Å². The Kier molecular flexibility index (Phi) is 17.9. The number of nitrogens with two attached hydrogens (primary N) is 3. The third-order valence-corrected chi connectivity index (χ3v) is 15.7. The van der Waals surface area contributed by atoms with E-state index in [0.29, 0.717) is 0 Å². The van der Waals surface area contributed by atoms with E-state index < -0.39 is 179 Å². The molecular formula is C37H51N11O26P4. The molecule has 37 nitrogen and oxygen atoms in total. The van der Waals surface area contributed by atoms with Crippen LogP contribution in [0.2, 0.25) is 0 Å². The summed E-state index contributed by atoms with van der Waals surface area (Å²) in [4.78, 5) is 128. The van der Waals surface area contributed by atoms with E-state index in [1.807, 2.05) is 0 Å². The molecule has 0 aliphatic carbocycles. The van der Waals surface area contributed by atoms with Crippen molar-refractivity contribution in [3.63, 3.8) is 0 Å². The van der Waals surface area contributed by atoms with Crippen molar-refractivity contribution in [2.75, 3.05) is 43.6 Å². The molecule has 4 aromatic heterocycles. The summed E-state index contributed by atoms with van der Waals surface area (Å²) in [5.41, 5.74) is 12.3. The number of aryl methyl sites for hydroxylation is 1. The predicted molar refractivity (Wildman–Crippen MR) is 255 cm³/mol. The number of aliphatic hydroxyl groups is 1. The van der Waals surface area contributed by atoms with Crippen LogP contribution in [0.3, 0.4) is 0 Å². The summed E-state index contributed by atoms with van der Waals surface area (Å²) in [5, 5.41) is 9.97. The molecule has 430 valence electrons. The van der Waals surface area contributed by atoms with Crippen LogP contribution in [-0.4, -0.2) is 143 Å². The number of H-pyrrole nitrogens is 1. The first kappa shape index (κ1) is 59.1. The zero-order chi connectivity index (χ0) is 56.6. The van der Waals surface area contributed by atoms with Crippen molar-refractivity contribution in [1.29, 1.82) is 0 Å². The molecule has 0 amide bonds. The molecule has 0 aromatic carbocycles. The summed E-state index contributed by atoms with van der Waals surface area (Å²) in [6.07, 6.45) is -14.7. The molecule has 4 saturated heterocycles.